The minimum atomic E-state index is -0.693. The van der Waals surface area contributed by atoms with E-state index < -0.39 is 17.9 Å². The van der Waals surface area contributed by atoms with Gasteiger partial charge in [0.25, 0.3) is 0 Å². The van der Waals surface area contributed by atoms with Crippen molar-refractivity contribution < 1.29 is 14.7 Å². The number of amides is 2. The molecule has 1 saturated heterocycles. The van der Waals surface area contributed by atoms with Crippen LogP contribution in [0.3, 0.4) is 0 Å². The zero-order chi connectivity index (χ0) is 19.4. The van der Waals surface area contributed by atoms with Gasteiger partial charge in [0.05, 0.1) is 12.0 Å². The van der Waals surface area contributed by atoms with Crippen molar-refractivity contribution >= 4 is 11.8 Å². The third-order valence-corrected chi connectivity index (χ3v) is 7.47. The summed E-state index contributed by atoms with van der Waals surface area (Å²) in [5.74, 6) is 1.76. The van der Waals surface area contributed by atoms with Gasteiger partial charge in [0.1, 0.15) is 0 Å². The zero-order valence-electron chi connectivity index (χ0n) is 16.5. The van der Waals surface area contributed by atoms with Crippen molar-refractivity contribution in [2.75, 3.05) is 19.6 Å². The molecule has 2 amide bonds. The van der Waals surface area contributed by atoms with E-state index in [0.717, 1.165) is 50.7 Å². The highest BCUT2D eigenvalue weighted by Crippen LogP contribution is 2.38. The number of aliphatic hydroxyl groups is 1. The molecule has 6 nitrogen and oxygen atoms in total. The number of hydrogen-bond donors (Lipinski definition) is 3. The van der Waals surface area contributed by atoms with Crippen LogP contribution in [0.25, 0.3) is 0 Å². The number of nitrogens with zero attached hydrogens (tertiary/aromatic N) is 1. The number of likely N-dealkylation sites (tertiary alicyclic amines) is 1. The molecule has 2 aliphatic carbocycles. The van der Waals surface area contributed by atoms with Crippen LogP contribution in [0.5, 0.6) is 0 Å². The van der Waals surface area contributed by atoms with Gasteiger partial charge in [0, 0.05) is 19.5 Å². The fourth-order valence-corrected chi connectivity index (χ4v) is 5.72. The van der Waals surface area contributed by atoms with Gasteiger partial charge in [0.15, 0.2) is 0 Å². The Morgan fingerprint density at radius 3 is 2.30 bits per heavy atom. The predicted molar refractivity (Wildman–Crippen MR) is 104 cm³/mol. The quantitative estimate of drug-likeness (QED) is 0.674. The second kappa shape index (κ2) is 9.37. The average Bonchev–Trinajstić information content (AvgIpc) is 2.68. The molecule has 27 heavy (non-hydrogen) atoms. The van der Waals surface area contributed by atoms with Gasteiger partial charge in [-0.1, -0.05) is 12.8 Å². The Hall–Kier alpha value is -1.14. The lowest BCUT2D eigenvalue weighted by Crippen LogP contribution is -2.43. The van der Waals surface area contributed by atoms with E-state index in [4.69, 9.17) is 11.5 Å². The molecule has 3 aliphatic rings. The molecule has 5 atom stereocenters. The Balaban J connectivity index is 1.42. The Bertz CT molecular complexity index is 519. The van der Waals surface area contributed by atoms with Crippen molar-refractivity contribution in [2.45, 2.75) is 70.3 Å². The van der Waals surface area contributed by atoms with E-state index in [0.29, 0.717) is 25.2 Å². The number of rotatable bonds is 5. The SMILES string of the molecule is NCC1CCCC(C2CCN(C(=O)CC3CCC(C(N)=O)C(O)C3)CC2)C1. The molecule has 1 heterocycles. The molecule has 5 unspecified atom stereocenters. The van der Waals surface area contributed by atoms with Crippen molar-refractivity contribution in [1.29, 1.82) is 0 Å². The topological polar surface area (TPSA) is 110 Å². The second-order valence-electron chi connectivity index (χ2n) is 9.21. The average molecular weight is 380 g/mol. The molecular weight excluding hydrogens is 342 g/mol. The van der Waals surface area contributed by atoms with Crippen molar-refractivity contribution in [3.63, 3.8) is 0 Å². The van der Waals surface area contributed by atoms with Crippen molar-refractivity contribution in [3.8, 4) is 0 Å². The lowest BCUT2D eigenvalue weighted by Gasteiger charge is -2.40. The molecule has 1 aliphatic heterocycles. The second-order valence-corrected chi connectivity index (χ2v) is 9.21. The zero-order valence-corrected chi connectivity index (χ0v) is 16.5. The van der Waals surface area contributed by atoms with E-state index in [1.807, 2.05) is 4.90 Å². The summed E-state index contributed by atoms with van der Waals surface area (Å²) >= 11 is 0. The highest BCUT2D eigenvalue weighted by Gasteiger charge is 2.35. The van der Waals surface area contributed by atoms with Gasteiger partial charge in [0.2, 0.25) is 11.8 Å². The number of piperidine rings is 1. The number of aliphatic hydroxyl groups excluding tert-OH is 1. The van der Waals surface area contributed by atoms with Gasteiger partial charge in [-0.15, -0.1) is 0 Å². The number of nitrogens with two attached hydrogens (primary N) is 2. The molecular formula is C21H37N3O3. The number of carbonyl (C=O) groups excluding carboxylic acids is 2. The van der Waals surface area contributed by atoms with Crippen LogP contribution in [-0.2, 0) is 9.59 Å². The molecule has 154 valence electrons. The van der Waals surface area contributed by atoms with Gasteiger partial charge in [-0.05, 0) is 75.2 Å². The first-order valence-electron chi connectivity index (χ1n) is 10.9. The first kappa shape index (κ1) is 20.6. The predicted octanol–water partition coefficient (Wildman–Crippen LogP) is 1.64. The third kappa shape index (κ3) is 5.23. The lowest BCUT2D eigenvalue weighted by molar-refractivity contribution is -0.135. The molecule has 0 aromatic rings. The first-order chi connectivity index (χ1) is 13.0. The molecule has 0 radical (unpaired) electrons. The molecule has 0 aromatic heterocycles. The molecule has 0 aromatic carbocycles. The maximum absolute atomic E-state index is 12.7. The van der Waals surface area contributed by atoms with Crippen molar-refractivity contribution in [2.24, 2.45) is 41.1 Å². The lowest BCUT2D eigenvalue weighted by atomic mass is 9.72. The molecule has 3 rings (SSSR count). The van der Waals surface area contributed by atoms with Crippen LogP contribution in [0.4, 0.5) is 0 Å². The molecule has 2 saturated carbocycles. The van der Waals surface area contributed by atoms with E-state index in [1.165, 1.54) is 25.7 Å². The summed E-state index contributed by atoms with van der Waals surface area (Å²) in [5, 5.41) is 10.1. The van der Waals surface area contributed by atoms with Crippen LogP contribution < -0.4 is 11.5 Å². The van der Waals surface area contributed by atoms with Crippen LogP contribution in [-0.4, -0.2) is 47.6 Å². The third-order valence-electron chi connectivity index (χ3n) is 7.47. The summed E-state index contributed by atoms with van der Waals surface area (Å²) in [6.07, 6.45) is 9.14. The van der Waals surface area contributed by atoms with Crippen LogP contribution in [0.2, 0.25) is 0 Å². The van der Waals surface area contributed by atoms with Gasteiger partial charge < -0.3 is 21.5 Å². The summed E-state index contributed by atoms with van der Waals surface area (Å²) in [6.45, 7) is 2.55. The molecule has 3 fully saturated rings. The summed E-state index contributed by atoms with van der Waals surface area (Å²) in [5.41, 5.74) is 11.2. The van der Waals surface area contributed by atoms with E-state index >= 15 is 0 Å². The Kier molecular flexibility index (Phi) is 7.15. The van der Waals surface area contributed by atoms with Gasteiger partial charge in [-0.25, -0.2) is 0 Å². The van der Waals surface area contributed by atoms with Gasteiger partial charge in [-0.2, -0.15) is 0 Å². The highest BCUT2D eigenvalue weighted by molar-refractivity contribution is 5.78. The molecule has 6 heteroatoms. The summed E-state index contributed by atoms with van der Waals surface area (Å²) in [7, 11) is 0. The smallest absolute Gasteiger partial charge is 0.223 e. The van der Waals surface area contributed by atoms with E-state index in [9.17, 15) is 14.7 Å². The Morgan fingerprint density at radius 2 is 1.67 bits per heavy atom. The monoisotopic (exact) mass is 379 g/mol. The fourth-order valence-electron chi connectivity index (χ4n) is 5.72. The van der Waals surface area contributed by atoms with Crippen LogP contribution in [0, 0.1) is 29.6 Å². The Labute approximate surface area is 163 Å². The Morgan fingerprint density at radius 1 is 0.926 bits per heavy atom. The maximum atomic E-state index is 12.7. The number of primary amides is 1. The standard InChI is InChI=1S/C21H37N3O3/c22-13-15-2-1-3-17(10-15)16-6-8-24(9-7-16)20(26)12-14-4-5-18(21(23)27)19(25)11-14/h14-19,25H,1-13,22H2,(H2,23,27). The molecule has 5 N–H and O–H groups in total. The van der Waals surface area contributed by atoms with Crippen molar-refractivity contribution in [1.82, 2.24) is 4.90 Å². The van der Waals surface area contributed by atoms with Crippen LogP contribution in [0.15, 0.2) is 0 Å². The van der Waals surface area contributed by atoms with Crippen LogP contribution in [0.1, 0.15) is 64.2 Å². The minimum Gasteiger partial charge on any atom is -0.392 e. The van der Waals surface area contributed by atoms with E-state index in [2.05, 4.69) is 0 Å². The number of hydrogen-bond acceptors (Lipinski definition) is 4. The summed E-state index contributed by atoms with van der Waals surface area (Å²) in [6, 6.07) is 0. The van der Waals surface area contributed by atoms with Crippen molar-refractivity contribution in [3.05, 3.63) is 0 Å². The first-order valence-corrected chi connectivity index (χ1v) is 10.9. The van der Waals surface area contributed by atoms with Gasteiger partial charge in [-0.3, -0.25) is 9.59 Å². The van der Waals surface area contributed by atoms with E-state index in [-0.39, 0.29) is 11.8 Å². The summed E-state index contributed by atoms with van der Waals surface area (Å²) < 4.78 is 0. The number of carbonyl (C=O) groups is 2. The van der Waals surface area contributed by atoms with Crippen LogP contribution >= 0.6 is 0 Å². The van der Waals surface area contributed by atoms with Gasteiger partial charge >= 0.3 is 0 Å². The normalized spacial score (nSPS) is 35.8. The maximum Gasteiger partial charge on any atom is 0.223 e. The van der Waals surface area contributed by atoms with E-state index in [1.54, 1.807) is 0 Å². The highest BCUT2D eigenvalue weighted by atomic mass is 16.3. The summed E-state index contributed by atoms with van der Waals surface area (Å²) in [4.78, 5) is 26.0. The molecule has 0 bridgehead atoms. The fraction of sp³-hybridized carbons (Fsp3) is 0.905. The largest absolute Gasteiger partial charge is 0.392 e. The minimum absolute atomic E-state index is 0.171. The molecule has 0 spiro atoms.